The molecule has 3 N–H and O–H groups in total. The van der Waals surface area contributed by atoms with Crippen molar-refractivity contribution >= 4 is 10.0 Å². The molecule has 0 atom stereocenters. The predicted molar refractivity (Wildman–Crippen MR) is 80.2 cm³/mol. The van der Waals surface area contributed by atoms with Crippen LogP contribution in [-0.2, 0) is 28.9 Å². The van der Waals surface area contributed by atoms with Gasteiger partial charge in [0.15, 0.2) is 0 Å². The van der Waals surface area contributed by atoms with Crippen LogP contribution in [0.1, 0.15) is 16.7 Å². The first-order valence-corrected chi connectivity index (χ1v) is 8.14. The standard InChI is InChI=1S/C15H17FN2O2S/c16-15-8-4-3-6-13(15)10-18-21(19,20)11-14-7-2-1-5-12(14)9-17/h1-8,18H,9-11,17H2. The fraction of sp³-hybridized carbons (Fsp3) is 0.200. The van der Waals surface area contributed by atoms with E-state index < -0.39 is 15.8 Å². The van der Waals surface area contributed by atoms with E-state index >= 15 is 0 Å². The molecular weight excluding hydrogens is 291 g/mol. The smallest absolute Gasteiger partial charge is 0.216 e. The highest BCUT2D eigenvalue weighted by Gasteiger charge is 2.14. The Bertz CT molecular complexity index is 717. The molecule has 0 bridgehead atoms. The lowest BCUT2D eigenvalue weighted by atomic mass is 10.1. The maximum atomic E-state index is 13.5. The van der Waals surface area contributed by atoms with Crippen LogP contribution < -0.4 is 10.5 Å². The zero-order chi connectivity index (χ0) is 15.3. The van der Waals surface area contributed by atoms with Gasteiger partial charge >= 0.3 is 0 Å². The van der Waals surface area contributed by atoms with Gasteiger partial charge in [-0.2, -0.15) is 0 Å². The third-order valence-electron chi connectivity index (χ3n) is 3.12. The lowest BCUT2D eigenvalue weighted by molar-refractivity contribution is 0.573. The summed E-state index contributed by atoms with van der Waals surface area (Å²) in [5.41, 5.74) is 7.34. The highest BCUT2D eigenvalue weighted by atomic mass is 32.2. The molecule has 2 rings (SSSR count). The quantitative estimate of drug-likeness (QED) is 0.856. The summed E-state index contributed by atoms with van der Waals surface area (Å²) in [5.74, 6) is -0.600. The number of hydrogen-bond acceptors (Lipinski definition) is 3. The maximum absolute atomic E-state index is 13.5. The van der Waals surface area contributed by atoms with Crippen LogP contribution in [0.25, 0.3) is 0 Å². The second-order valence-corrected chi connectivity index (χ2v) is 6.45. The Morgan fingerprint density at radius 3 is 2.14 bits per heavy atom. The van der Waals surface area contributed by atoms with Gasteiger partial charge in [-0.15, -0.1) is 0 Å². The Kier molecular flexibility index (Phi) is 5.06. The van der Waals surface area contributed by atoms with Gasteiger partial charge in [-0.3, -0.25) is 0 Å². The van der Waals surface area contributed by atoms with E-state index in [0.717, 1.165) is 5.56 Å². The molecule has 2 aromatic rings. The molecule has 0 saturated carbocycles. The molecule has 4 nitrogen and oxygen atoms in total. The molecule has 0 radical (unpaired) electrons. The van der Waals surface area contributed by atoms with Crippen molar-refractivity contribution in [1.82, 2.24) is 4.72 Å². The van der Waals surface area contributed by atoms with Gasteiger partial charge < -0.3 is 5.73 Å². The van der Waals surface area contributed by atoms with Crippen LogP contribution in [0.15, 0.2) is 48.5 Å². The lowest BCUT2D eigenvalue weighted by Crippen LogP contribution is -2.25. The minimum Gasteiger partial charge on any atom is -0.326 e. The Morgan fingerprint density at radius 1 is 0.952 bits per heavy atom. The minimum atomic E-state index is -3.55. The summed E-state index contributed by atoms with van der Waals surface area (Å²) in [7, 11) is -3.55. The van der Waals surface area contributed by atoms with E-state index in [-0.39, 0.29) is 18.8 Å². The monoisotopic (exact) mass is 308 g/mol. The van der Waals surface area contributed by atoms with Crippen molar-refractivity contribution in [3.05, 3.63) is 71.0 Å². The van der Waals surface area contributed by atoms with Crippen molar-refractivity contribution in [1.29, 1.82) is 0 Å². The molecule has 0 fully saturated rings. The first kappa shape index (κ1) is 15.6. The summed E-state index contributed by atoms with van der Waals surface area (Å²) >= 11 is 0. The first-order valence-electron chi connectivity index (χ1n) is 6.49. The van der Waals surface area contributed by atoms with Gasteiger partial charge in [-0.25, -0.2) is 17.5 Å². The van der Waals surface area contributed by atoms with Crippen molar-refractivity contribution in [3.63, 3.8) is 0 Å². The minimum absolute atomic E-state index is 0.0696. The van der Waals surface area contributed by atoms with Crippen LogP contribution in [0.4, 0.5) is 4.39 Å². The average molecular weight is 308 g/mol. The van der Waals surface area contributed by atoms with Crippen LogP contribution in [0, 0.1) is 5.82 Å². The normalized spacial score (nSPS) is 11.5. The Morgan fingerprint density at radius 2 is 1.52 bits per heavy atom. The summed E-state index contributed by atoms with van der Waals surface area (Å²) < 4.78 is 40.0. The lowest BCUT2D eigenvalue weighted by Gasteiger charge is -2.10. The molecule has 0 amide bonds. The number of benzene rings is 2. The number of nitrogens with one attached hydrogen (secondary N) is 1. The highest BCUT2D eigenvalue weighted by Crippen LogP contribution is 2.12. The molecule has 0 unspecified atom stereocenters. The highest BCUT2D eigenvalue weighted by molar-refractivity contribution is 7.88. The summed E-state index contributed by atoms with van der Waals surface area (Å²) in [4.78, 5) is 0. The molecule has 2 aromatic carbocycles. The van der Waals surface area contributed by atoms with Gasteiger partial charge in [0, 0.05) is 18.7 Å². The van der Waals surface area contributed by atoms with Crippen LogP contribution >= 0.6 is 0 Å². The summed E-state index contributed by atoms with van der Waals surface area (Å²) in [6, 6.07) is 13.2. The molecule has 6 heteroatoms. The number of rotatable bonds is 6. The van der Waals surface area contributed by atoms with E-state index in [1.165, 1.54) is 6.07 Å². The van der Waals surface area contributed by atoms with E-state index in [4.69, 9.17) is 5.73 Å². The Balaban J connectivity index is 2.07. The second-order valence-electron chi connectivity index (χ2n) is 4.64. The van der Waals surface area contributed by atoms with E-state index in [9.17, 15) is 12.8 Å². The van der Waals surface area contributed by atoms with E-state index in [1.54, 1.807) is 36.4 Å². The van der Waals surface area contributed by atoms with Crippen molar-refractivity contribution in [2.75, 3.05) is 0 Å². The molecular formula is C15H17FN2O2S. The zero-order valence-electron chi connectivity index (χ0n) is 11.4. The van der Waals surface area contributed by atoms with Crippen molar-refractivity contribution in [2.24, 2.45) is 5.73 Å². The van der Waals surface area contributed by atoms with Gasteiger partial charge in [0.1, 0.15) is 5.82 Å². The topological polar surface area (TPSA) is 72.2 Å². The first-order chi connectivity index (χ1) is 10.0. The summed E-state index contributed by atoms with van der Waals surface area (Å²) in [6.07, 6.45) is 0. The van der Waals surface area contributed by atoms with Crippen LogP contribution in [0.5, 0.6) is 0 Å². The zero-order valence-corrected chi connectivity index (χ0v) is 12.2. The molecule has 0 aromatic heterocycles. The summed E-state index contributed by atoms with van der Waals surface area (Å²) in [5, 5.41) is 0. The van der Waals surface area contributed by atoms with Gasteiger partial charge in [-0.05, 0) is 17.2 Å². The number of hydrogen-bond donors (Lipinski definition) is 2. The van der Waals surface area contributed by atoms with Crippen molar-refractivity contribution < 1.29 is 12.8 Å². The molecule has 0 spiro atoms. The summed E-state index contributed by atoms with van der Waals surface area (Å²) in [6.45, 7) is 0.207. The second kappa shape index (κ2) is 6.80. The van der Waals surface area contributed by atoms with E-state index in [0.29, 0.717) is 11.1 Å². The Hall–Kier alpha value is -1.76. The third-order valence-corrected chi connectivity index (χ3v) is 4.40. The molecule has 112 valence electrons. The van der Waals surface area contributed by atoms with Crippen molar-refractivity contribution in [2.45, 2.75) is 18.8 Å². The largest absolute Gasteiger partial charge is 0.326 e. The number of halogens is 1. The van der Waals surface area contributed by atoms with Gasteiger partial charge in [-0.1, -0.05) is 42.5 Å². The number of nitrogens with two attached hydrogens (primary N) is 1. The van der Waals surface area contributed by atoms with Crippen LogP contribution in [-0.4, -0.2) is 8.42 Å². The van der Waals surface area contributed by atoms with Gasteiger partial charge in [0.25, 0.3) is 0 Å². The van der Waals surface area contributed by atoms with Crippen LogP contribution in [0.3, 0.4) is 0 Å². The van der Waals surface area contributed by atoms with Gasteiger partial charge in [0.05, 0.1) is 5.75 Å². The number of sulfonamides is 1. The van der Waals surface area contributed by atoms with E-state index in [1.807, 2.05) is 6.07 Å². The molecule has 0 aliphatic heterocycles. The molecule has 0 aliphatic carbocycles. The third kappa shape index (κ3) is 4.35. The average Bonchev–Trinajstić information content (AvgIpc) is 2.47. The van der Waals surface area contributed by atoms with Crippen LogP contribution in [0.2, 0.25) is 0 Å². The van der Waals surface area contributed by atoms with E-state index in [2.05, 4.69) is 4.72 Å². The Labute approximate surface area is 123 Å². The molecule has 0 heterocycles. The fourth-order valence-corrected chi connectivity index (χ4v) is 3.15. The fourth-order valence-electron chi connectivity index (χ4n) is 1.98. The van der Waals surface area contributed by atoms with Gasteiger partial charge in [0.2, 0.25) is 10.0 Å². The molecule has 21 heavy (non-hydrogen) atoms. The molecule has 0 aliphatic rings. The predicted octanol–water partition coefficient (Wildman–Crippen LogP) is 1.90. The SMILES string of the molecule is NCc1ccccc1CS(=O)(=O)NCc1ccccc1F. The maximum Gasteiger partial charge on any atom is 0.216 e. The molecule has 0 saturated heterocycles. The van der Waals surface area contributed by atoms with Crippen molar-refractivity contribution in [3.8, 4) is 0 Å².